The fourth-order valence-corrected chi connectivity index (χ4v) is 5.64. The van der Waals surface area contributed by atoms with E-state index in [0.29, 0.717) is 6.04 Å². The lowest BCUT2D eigenvalue weighted by Gasteiger charge is -2.38. The standard InChI is InChI=1S/C22H33N5O4S/c1-22(2)30-19-17(11-26-8-9-28-12-14(26)10-25(3)4)29-18(20(19)31-22)15-6-7-16-21(32-5)23-13-24-27(15)16/h6-7,13-14,17-20H,8-12H2,1-5H3/t14-,17-,18+,19-,20+/m1/s1. The van der Waals surface area contributed by atoms with Crippen molar-refractivity contribution in [3.05, 3.63) is 24.2 Å². The maximum absolute atomic E-state index is 6.67. The summed E-state index contributed by atoms with van der Waals surface area (Å²) < 4.78 is 27.1. The predicted octanol–water partition coefficient (Wildman–Crippen LogP) is 1.67. The summed E-state index contributed by atoms with van der Waals surface area (Å²) in [7, 11) is 4.20. The molecule has 9 nitrogen and oxygen atoms in total. The first kappa shape index (κ1) is 22.5. The molecule has 0 aromatic carbocycles. The van der Waals surface area contributed by atoms with E-state index in [1.165, 1.54) is 0 Å². The summed E-state index contributed by atoms with van der Waals surface area (Å²) in [6.45, 7) is 8.07. The van der Waals surface area contributed by atoms with Crippen LogP contribution in [-0.2, 0) is 18.9 Å². The molecule has 2 aromatic heterocycles. The number of nitrogens with zero attached hydrogens (tertiary/aromatic N) is 5. The van der Waals surface area contributed by atoms with Gasteiger partial charge in [0.05, 0.1) is 24.4 Å². The molecule has 0 saturated carbocycles. The van der Waals surface area contributed by atoms with Gasteiger partial charge in [0, 0.05) is 25.7 Å². The van der Waals surface area contributed by atoms with Crippen molar-refractivity contribution >= 4 is 17.3 Å². The highest BCUT2D eigenvalue weighted by Gasteiger charge is 2.56. The summed E-state index contributed by atoms with van der Waals surface area (Å²) in [5, 5.41) is 5.46. The van der Waals surface area contributed by atoms with Gasteiger partial charge >= 0.3 is 0 Å². The van der Waals surface area contributed by atoms with Gasteiger partial charge in [-0.2, -0.15) is 5.10 Å². The smallest absolute Gasteiger partial charge is 0.164 e. The molecule has 0 spiro atoms. The van der Waals surface area contributed by atoms with Gasteiger partial charge in [-0.25, -0.2) is 9.50 Å². The van der Waals surface area contributed by atoms with Crippen molar-refractivity contribution in [2.75, 3.05) is 53.2 Å². The molecule has 0 aliphatic carbocycles. The van der Waals surface area contributed by atoms with Crippen LogP contribution in [0.3, 0.4) is 0 Å². The minimum Gasteiger partial charge on any atom is -0.378 e. The lowest BCUT2D eigenvalue weighted by atomic mass is 10.0. The van der Waals surface area contributed by atoms with Crippen LogP contribution in [0.25, 0.3) is 5.52 Å². The van der Waals surface area contributed by atoms with E-state index in [4.69, 9.17) is 18.9 Å². The molecule has 0 unspecified atom stereocenters. The number of rotatable bonds is 6. The van der Waals surface area contributed by atoms with Crippen LogP contribution in [0.2, 0.25) is 0 Å². The molecule has 3 aliphatic rings. The number of ether oxygens (including phenoxy) is 4. The summed E-state index contributed by atoms with van der Waals surface area (Å²) in [5.74, 6) is -0.643. The van der Waals surface area contributed by atoms with Crippen LogP contribution in [0.5, 0.6) is 0 Å². The van der Waals surface area contributed by atoms with E-state index in [1.54, 1.807) is 18.1 Å². The average Bonchev–Trinajstić information content (AvgIpc) is 3.40. The number of hydrogen-bond donors (Lipinski definition) is 0. The fourth-order valence-electron chi connectivity index (χ4n) is 5.12. The predicted molar refractivity (Wildman–Crippen MR) is 121 cm³/mol. The van der Waals surface area contributed by atoms with Gasteiger partial charge in [-0.15, -0.1) is 11.8 Å². The van der Waals surface area contributed by atoms with E-state index < -0.39 is 5.79 Å². The highest BCUT2D eigenvalue weighted by atomic mass is 32.2. The van der Waals surface area contributed by atoms with E-state index in [9.17, 15) is 0 Å². The summed E-state index contributed by atoms with van der Waals surface area (Å²) in [5.41, 5.74) is 1.96. The van der Waals surface area contributed by atoms with Crippen LogP contribution in [-0.4, -0.2) is 108 Å². The van der Waals surface area contributed by atoms with Crippen LogP contribution in [0, 0.1) is 0 Å². The first-order valence-corrected chi connectivity index (χ1v) is 12.4. The SMILES string of the molecule is CSc1ncnn2c([C@@H]3O[C@H](CN4CCOC[C@H]4CN(C)C)[C@H]4OC(C)(C)O[C@H]43)ccc12. The highest BCUT2D eigenvalue weighted by Crippen LogP contribution is 2.45. The molecule has 3 aliphatic heterocycles. The van der Waals surface area contributed by atoms with Crippen molar-refractivity contribution < 1.29 is 18.9 Å². The van der Waals surface area contributed by atoms with Crippen molar-refractivity contribution in [3.8, 4) is 0 Å². The van der Waals surface area contributed by atoms with Crippen molar-refractivity contribution in [2.24, 2.45) is 0 Å². The Balaban J connectivity index is 1.42. The molecule has 5 atom stereocenters. The van der Waals surface area contributed by atoms with E-state index in [0.717, 1.165) is 49.1 Å². The Labute approximate surface area is 193 Å². The second-order valence-electron chi connectivity index (χ2n) is 9.47. The third-order valence-electron chi connectivity index (χ3n) is 6.42. The lowest BCUT2D eigenvalue weighted by Crippen LogP contribution is -2.53. The highest BCUT2D eigenvalue weighted by molar-refractivity contribution is 7.98. The molecule has 0 radical (unpaired) electrons. The zero-order chi connectivity index (χ0) is 22.5. The molecule has 176 valence electrons. The van der Waals surface area contributed by atoms with Gasteiger partial charge in [-0.1, -0.05) is 0 Å². The van der Waals surface area contributed by atoms with Crippen LogP contribution in [0.4, 0.5) is 0 Å². The monoisotopic (exact) mass is 463 g/mol. The summed E-state index contributed by atoms with van der Waals surface area (Å²) in [6, 6.07) is 4.47. The third-order valence-corrected chi connectivity index (χ3v) is 7.12. The number of morpholine rings is 1. The summed E-state index contributed by atoms with van der Waals surface area (Å²) >= 11 is 1.61. The van der Waals surface area contributed by atoms with Gasteiger partial charge in [0.2, 0.25) is 0 Å². The third kappa shape index (κ3) is 4.18. The van der Waals surface area contributed by atoms with Crippen LogP contribution in [0.1, 0.15) is 25.6 Å². The molecule has 3 saturated heterocycles. The molecule has 5 rings (SSSR count). The number of aromatic nitrogens is 3. The molecule has 2 aromatic rings. The second-order valence-corrected chi connectivity index (χ2v) is 10.3. The molecule has 0 bridgehead atoms. The summed E-state index contributed by atoms with van der Waals surface area (Å²) in [4.78, 5) is 9.08. The summed E-state index contributed by atoms with van der Waals surface area (Å²) in [6.07, 6.45) is 2.95. The maximum Gasteiger partial charge on any atom is 0.164 e. The van der Waals surface area contributed by atoms with Crippen molar-refractivity contribution in [2.45, 2.75) is 55.1 Å². The van der Waals surface area contributed by atoms with Crippen LogP contribution >= 0.6 is 11.8 Å². The lowest BCUT2D eigenvalue weighted by molar-refractivity contribution is -0.191. The Morgan fingerprint density at radius 3 is 2.81 bits per heavy atom. The molecule has 0 N–H and O–H groups in total. The Hall–Kier alpha value is -1.27. The molecule has 3 fully saturated rings. The molecular weight excluding hydrogens is 430 g/mol. The zero-order valence-electron chi connectivity index (χ0n) is 19.4. The van der Waals surface area contributed by atoms with Gasteiger partial charge in [-0.3, -0.25) is 4.90 Å². The second kappa shape index (κ2) is 8.83. The number of likely N-dealkylation sites (N-methyl/N-ethyl adjacent to an activating group) is 1. The molecule has 10 heteroatoms. The van der Waals surface area contributed by atoms with Crippen molar-refractivity contribution in [3.63, 3.8) is 0 Å². The number of thioether (sulfide) groups is 1. The quantitative estimate of drug-likeness (QED) is 0.595. The molecule has 0 amide bonds. The van der Waals surface area contributed by atoms with Gasteiger partial charge < -0.3 is 23.8 Å². The Bertz CT molecular complexity index is 954. The van der Waals surface area contributed by atoms with E-state index in [2.05, 4.69) is 46.1 Å². The minimum atomic E-state index is -0.643. The maximum atomic E-state index is 6.67. The Morgan fingerprint density at radius 2 is 2.03 bits per heavy atom. The largest absolute Gasteiger partial charge is 0.378 e. The van der Waals surface area contributed by atoms with Gasteiger partial charge in [0.15, 0.2) is 5.79 Å². The van der Waals surface area contributed by atoms with Crippen LogP contribution < -0.4 is 0 Å². The fraction of sp³-hybridized carbons (Fsp3) is 0.727. The number of fused-ring (bicyclic) bond motifs is 2. The van der Waals surface area contributed by atoms with E-state index >= 15 is 0 Å². The van der Waals surface area contributed by atoms with Gasteiger partial charge in [-0.05, 0) is 46.3 Å². The van der Waals surface area contributed by atoms with Gasteiger partial charge in [0.1, 0.15) is 35.8 Å². The molecule has 5 heterocycles. The minimum absolute atomic E-state index is 0.0954. The van der Waals surface area contributed by atoms with Crippen molar-refractivity contribution in [1.29, 1.82) is 0 Å². The van der Waals surface area contributed by atoms with E-state index in [-0.39, 0.29) is 24.4 Å². The average molecular weight is 464 g/mol. The van der Waals surface area contributed by atoms with Gasteiger partial charge in [0.25, 0.3) is 0 Å². The van der Waals surface area contributed by atoms with E-state index in [1.807, 2.05) is 24.6 Å². The molecular formula is C22H33N5O4S. The Morgan fingerprint density at radius 1 is 1.22 bits per heavy atom. The molecule has 32 heavy (non-hydrogen) atoms. The Kier molecular flexibility index (Phi) is 6.21. The van der Waals surface area contributed by atoms with Crippen LogP contribution in [0.15, 0.2) is 23.5 Å². The normalized spacial score (nSPS) is 32.8. The zero-order valence-corrected chi connectivity index (χ0v) is 20.2. The topological polar surface area (TPSA) is 73.6 Å². The first-order valence-electron chi connectivity index (χ1n) is 11.2. The first-order chi connectivity index (χ1) is 15.4. The van der Waals surface area contributed by atoms with Crippen molar-refractivity contribution in [1.82, 2.24) is 24.4 Å². The number of hydrogen-bond acceptors (Lipinski definition) is 9.